The SMILES string of the molecule is CSc1ccc(C(=O)COC(=O)C2CCN(S(=O)(=O)c3cccnc3)CC2)cc1NC(C)=O. The summed E-state index contributed by atoms with van der Waals surface area (Å²) in [6, 6.07) is 7.95. The van der Waals surface area contributed by atoms with Crippen LogP contribution in [0.1, 0.15) is 30.1 Å². The summed E-state index contributed by atoms with van der Waals surface area (Å²) < 4.78 is 31.9. The molecule has 0 aliphatic carbocycles. The number of Topliss-reactive ketones (excluding diaryl/α,β-unsaturated/α-hetero) is 1. The van der Waals surface area contributed by atoms with Gasteiger partial charge in [-0.05, 0) is 43.4 Å². The highest BCUT2D eigenvalue weighted by molar-refractivity contribution is 7.98. The van der Waals surface area contributed by atoms with Gasteiger partial charge in [0.05, 0.1) is 11.6 Å². The van der Waals surface area contributed by atoms with E-state index in [1.54, 1.807) is 24.3 Å². The van der Waals surface area contributed by atoms with Gasteiger partial charge in [0.2, 0.25) is 15.9 Å². The summed E-state index contributed by atoms with van der Waals surface area (Å²) in [5.74, 6) is -1.64. The van der Waals surface area contributed by atoms with Gasteiger partial charge in [-0.1, -0.05) is 6.07 Å². The number of anilines is 1. The molecule has 9 nitrogen and oxygen atoms in total. The van der Waals surface area contributed by atoms with E-state index in [9.17, 15) is 22.8 Å². The lowest BCUT2D eigenvalue weighted by atomic mass is 9.98. The Balaban J connectivity index is 1.55. The number of hydrogen-bond acceptors (Lipinski definition) is 8. The molecule has 0 bridgehead atoms. The monoisotopic (exact) mass is 491 g/mol. The third-order valence-electron chi connectivity index (χ3n) is 5.24. The number of amides is 1. The zero-order valence-electron chi connectivity index (χ0n) is 18.3. The summed E-state index contributed by atoms with van der Waals surface area (Å²) in [6.07, 6.45) is 5.27. The van der Waals surface area contributed by atoms with Gasteiger partial charge in [-0.25, -0.2) is 8.42 Å². The molecule has 1 aromatic carbocycles. The van der Waals surface area contributed by atoms with Gasteiger partial charge in [0.15, 0.2) is 12.4 Å². The van der Waals surface area contributed by atoms with E-state index in [-0.39, 0.29) is 29.7 Å². The van der Waals surface area contributed by atoms with Gasteiger partial charge >= 0.3 is 5.97 Å². The van der Waals surface area contributed by atoms with Crippen LogP contribution in [-0.4, -0.2) is 61.3 Å². The maximum atomic E-state index is 12.7. The molecule has 0 atom stereocenters. The molecule has 1 N–H and O–H groups in total. The average Bonchev–Trinajstić information content (AvgIpc) is 2.82. The van der Waals surface area contributed by atoms with E-state index >= 15 is 0 Å². The first kappa shape index (κ1) is 24.9. The predicted molar refractivity (Wildman–Crippen MR) is 124 cm³/mol. The molecule has 1 aliphatic rings. The maximum Gasteiger partial charge on any atom is 0.309 e. The Kier molecular flexibility index (Phi) is 8.22. The minimum atomic E-state index is -3.66. The Labute approximate surface area is 197 Å². The topological polar surface area (TPSA) is 123 Å². The minimum Gasteiger partial charge on any atom is -0.457 e. The number of pyridine rings is 1. The molecular weight excluding hydrogens is 466 g/mol. The normalized spacial score (nSPS) is 15.1. The fraction of sp³-hybridized carbons (Fsp3) is 0.364. The molecule has 1 aromatic heterocycles. The fourth-order valence-corrected chi connectivity index (χ4v) is 5.46. The molecule has 1 aliphatic heterocycles. The van der Waals surface area contributed by atoms with Gasteiger partial charge < -0.3 is 10.1 Å². The van der Waals surface area contributed by atoms with Crippen LogP contribution in [0.3, 0.4) is 0 Å². The summed E-state index contributed by atoms with van der Waals surface area (Å²) in [7, 11) is -3.66. The van der Waals surface area contributed by atoms with Crippen molar-refractivity contribution < 1.29 is 27.5 Å². The van der Waals surface area contributed by atoms with Crippen molar-refractivity contribution in [1.82, 2.24) is 9.29 Å². The van der Waals surface area contributed by atoms with Crippen molar-refractivity contribution in [3.63, 3.8) is 0 Å². The van der Waals surface area contributed by atoms with Crippen molar-refractivity contribution in [3.8, 4) is 0 Å². The van der Waals surface area contributed by atoms with Crippen LogP contribution in [0, 0.1) is 5.92 Å². The molecule has 2 aromatic rings. The third kappa shape index (κ3) is 6.18. The van der Waals surface area contributed by atoms with Gasteiger partial charge in [-0.3, -0.25) is 19.4 Å². The largest absolute Gasteiger partial charge is 0.457 e. The summed E-state index contributed by atoms with van der Waals surface area (Å²) in [6.45, 7) is 1.32. The van der Waals surface area contributed by atoms with Gasteiger partial charge in [-0.15, -0.1) is 11.8 Å². The molecule has 1 saturated heterocycles. The number of ether oxygens (including phenoxy) is 1. The summed E-state index contributed by atoms with van der Waals surface area (Å²) in [5.41, 5.74) is 0.844. The van der Waals surface area contributed by atoms with Crippen LogP contribution in [0.2, 0.25) is 0 Å². The van der Waals surface area contributed by atoms with Crippen molar-refractivity contribution in [1.29, 1.82) is 0 Å². The lowest BCUT2D eigenvalue weighted by Crippen LogP contribution is -2.40. The summed E-state index contributed by atoms with van der Waals surface area (Å²) in [4.78, 5) is 41.2. The molecule has 0 radical (unpaired) electrons. The Morgan fingerprint density at radius 1 is 1.21 bits per heavy atom. The molecule has 176 valence electrons. The van der Waals surface area contributed by atoms with Gasteiger partial charge in [0.1, 0.15) is 4.90 Å². The number of carbonyl (C=O) groups is 3. The highest BCUT2D eigenvalue weighted by Gasteiger charge is 2.33. The zero-order chi connectivity index (χ0) is 24.0. The zero-order valence-corrected chi connectivity index (χ0v) is 19.9. The molecule has 1 fully saturated rings. The number of thioether (sulfide) groups is 1. The number of ketones is 1. The van der Waals surface area contributed by atoms with E-state index in [0.29, 0.717) is 24.1 Å². The number of nitrogens with zero attached hydrogens (tertiary/aromatic N) is 2. The van der Waals surface area contributed by atoms with Gasteiger partial charge in [-0.2, -0.15) is 4.31 Å². The lowest BCUT2D eigenvalue weighted by Gasteiger charge is -2.29. The molecule has 11 heteroatoms. The van der Waals surface area contributed by atoms with E-state index < -0.39 is 28.5 Å². The Bertz CT molecular complexity index is 1130. The van der Waals surface area contributed by atoms with Crippen LogP contribution in [0.15, 0.2) is 52.5 Å². The second kappa shape index (κ2) is 10.9. The molecule has 0 unspecified atom stereocenters. The number of esters is 1. The summed E-state index contributed by atoms with van der Waals surface area (Å²) in [5, 5.41) is 2.69. The number of benzene rings is 1. The number of rotatable bonds is 8. The van der Waals surface area contributed by atoms with Gasteiger partial charge in [0, 0.05) is 42.9 Å². The first-order chi connectivity index (χ1) is 15.7. The number of piperidine rings is 1. The van der Waals surface area contributed by atoms with E-state index in [2.05, 4.69) is 10.3 Å². The van der Waals surface area contributed by atoms with Gasteiger partial charge in [0.25, 0.3) is 0 Å². The van der Waals surface area contributed by atoms with Crippen LogP contribution >= 0.6 is 11.8 Å². The number of aromatic nitrogens is 1. The highest BCUT2D eigenvalue weighted by atomic mass is 32.2. The second-order valence-electron chi connectivity index (χ2n) is 7.49. The number of nitrogens with one attached hydrogen (secondary N) is 1. The number of carbonyl (C=O) groups excluding carboxylic acids is 3. The quantitative estimate of drug-likeness (QED) is 0.340. The van der Waals surface area contributed by atoms with Crippen LogP contribution in [0.5, 0.6) is 0 Å². The molecule has 1 amide bonds. The van der Waals surface area contributed by atoms with Crippen molar-refractivity contribution >= 4 is 45.1 Å². The Morgan fingerprint density at radius 2 is 1.94 bits per heavy atom. The van der Waals surface area contributed by atoms with Crippen LogP contribution in [0.4, 0.5) is 5.69 Å². The van der Waals surface area contributed by atoms with E-state index in [1.807, 2.05) is 6.26 Å². The molecule has 33 heavy (non-hydrogen) atoms. The van der Waals surface area contributed by atoms with E-state index in [1.165, 1.54) is 41.5 Å². The Morgan fingerprint density at radius 3 is 2.55 bits per heavy atom. The molecule has 0 saturated carbocycles. The van der Waals surface area contributed by atoms with Crippen LogP contribution < -0.4 is 5.32 Å². The number of sulfonamides is 1. The van der Waals surface area contributed by atoms with E-state index in [4.69, 9.17) is 4.74 Å². The fourth-order valence-electron chi connectivity index (χ4n) is 3.49. The molecule has 0 spiro atoms. The first-order valence-corrected chi connectivity index (χ1v) is 12.9. The average molecular weight is 492 g/mol. The first-order valence-electron chi connectivity index (χ1n) is 10.3. The molecular formula is C22H25N3O6S2. The van der Waals surface area contributed by atoms with Crippen molar-refractivity contribution in [2.45, 2.75) is 29.6 Å². The summed E-state index contributed by atoms with van der Waals surface area (Å²) >= 11 is 1.43. The molecule has 3 rings (SSSR count). The van der Waals surface area contributed by atoms with E-state index in [0.717, 1.165) is 4.90 Å². The third-order valence-corrected chi connectivity index (χ3v) is 7.92. The second-order valence-corrected chi connectivity index (χ2v) is 10.3. The predicted octanol–water partition coefficient (Wildman–Crippen LogP) is 2.59. The van der Waals surface area contributed by atoms with Crippen molar-refractivity contribution in [2.75, 3.05) is 31.3 Å². The van der Waals surface area contributed by atoms with Crippen LogP contribution in [-0.2, 0) is 24.3 Å². The standard InChI is InChI=1S/C22H25N3O6S2/c1-15(26)24-19-12-17(5-6-21(19)32-2)20(27)14-31-22(28)16-7-10-25(11-8-16)33(29,30)18-4-3-9-23-13-18/h3-6,9,12-13,16H,7-8,10-11,14H2,1-2H3,(H,24,26). The number of hydrogen-bond donors (Lipinski definition) is 1. The lowest BCUT2D eigenvalue weighted by molar-refractivity contribution is -0.148. The van der Waals surface area contributed by atoms with Crippen LogP contribution in [0.25, 0.3) is 0 Å². The minimum absolute atomic E-state index is 0.114. The molecule has 2 heterocycles. The maximum absolute atomic E-state index is 12.7. The smallest absolute Gasteiger partial charge is 0.309 e. The Hall–Kier alpha value is -2.76. The van der Waals surface area contributed by atoms with Crippen molar-refractivity contribution in [3.05, 3.63) is 48.3 Å². The highest BCUT2D eigenvalue weighted by Crippen LogP contribution is 2.27. The van der Waals surface area contributed by atoms with Crippen molar-refractivity contribution in [2.24, 2.45) is 5.92 Å².